The zero-order valence-electron chi connectivity index (χ0n) is 12.4. The van der Waals surface area contributed by atoms with Gasteiger partial charge >= 0.3 is 0 Å². The van der Waals surface area contributed by atoms with Gasteiger partial charge in [0, 0.05) is 25.6 Å². The van der Waals surface area contributed by atoms with Crippen molar-refractivity contribution in [3.05, 3.63) is 34.4 Å². The summed E-state index contributed by atoms with van der Waals surface area (Å²) in [6.45, 7) is 1.05. The number of carbonyl (C=O) groups is 1. The van der Waals surface area contributed by atoms with E-state index in [-0.39, 0.29) is 22.3 Å². The standard InChI is InChI=1S/C14H15ClFN5O2/c1-23-9-5-10(15)13(11(16)6-9)14(22)21-3-2-8(7-21)4-12-17-19-20-18-12/h5-6,8H,2-4,7H2,1H3,(H,17,18,19,20). The van der Waals surface area contributed by atoms with Crippen LogP contribution in [0.25, 0.3) is 0 Å². The molecule has 1 amide bonds. The number of aromatic amines is 1. The topological polar surface area (TPSA) is 84.0 Å². The summed E-state index contributed by atoms with van der Waals surface area (Å²) in [6.07, 6.45) is 1.43. The Morgan fingerprint density at radius 3 is 3.04 bits per heavy atom. The maximum absolute atomic E-state index is 14.2. The molecule has 1 aliphatic rings. The average molecular weight is 340 g/mol. The highest BCUT2D eigenvalue weighted by molar-refractivity contribution is 6.34. The molecule has 1 unspecified atom stereocenters. The number of likely N-dealkylation sites (tertiary alicyclic amines) is 1. The summed E-state index contributed by atoms with van der Waals surface area (Å²) in [6, 6.07) is 2.59. The molecule has 7 nitrogen and oxygen atoms in total. The van der Waals surface area contributed by atoms with Crippen LogP contribution in [0.5, 0.6) is 5.75 Å². The maximum atomic E-state index is 14.2. The highest BCUT2D eigenvalue weighted by atomic mass is 35.5. The number of methoxy groups -OCH3 is 1. The van der Waals surface area contributed by atoms with E-state index in [4.69, 9.17) is 16.3 Å². The zero-order chi connectivity index (χ0) is 16.4. The lowest BCUT2D eigenvalue weighted by Crippen LogP contribution is -2.30. The van der Waals surface area contributed by atoms with Crippen LogP contribution in [0.3, 0.4) is 0 Å². The lowest BCUT2D eigenvalue weighted by molar-refractivity contribution is 0.0782. The molecule has 1 aromatic heterocycles. The van der Waals surface area contributed by atoms with Gasteiger partial charge in [-0.3, -0.25) is 4.79 Å². The van der Waals surface area contributed by atoms with E-state index < -0.39 is 11.7 Å². The molecule has 1 saturated heterocycles. The van der Waals surface area contributed by atoms with Crippen LogP contribution in [-0.2, 0) is 6.42 Å². The Hall–Kier alpha value is -2.22. The van der Waals surface area contributed by atoms with E-state index in [9.17, 15) is 9.18 Å². The summed E-state index contributed by atoms with van der Waals surface area (Å²) in [4.78, 5) is 14.1. The van der Waals surface area contributed by atoms with Crippen molar-refractivity contribution in [2.45, 2.75) is 12.8 Å². The highest BCUT2D eigenvalue weighted by Crippen LogP contribution is 2.29. The van der Waals surface area contributed by atoms with E-state index in [1.807, 2.05) is 0 Å². The number of hydrogen-bond acceptors (Lipinski definition) is 5. The molecule has 2 aromatic rings. The third-order valence-corrected chi connectivity index (χ3v) is 4.20. The van der Waals surface area contributed by atoms with E-state index >= 15 is 0 Å². The van der Waals surface area contributed by atoms with Gasteiger partial charge in [-0.15, -0.1) is 10.2 Å². The SMILES string of the molecule is COc1cc(F)c(C(=O)N2CCC(Cc3nn[nH]n3)C2)c(Cl)c1. The number of amides is 1. The van der Waals surface area contributed by atoms with E-state index in [0.29, 0.717) is 25.3 Å². The number of hydrogen-bond donors (Lipinski definition) is 1. The van der Waals surface area contributed by atoms with E-state index in [1.165, 1.54) is 13.2 Å². The smallest absolute Gasteiger partial charge is 0.258 e. The van der Waals surface area contributed by atoms with Crippen molar-refractivity contribution in [1.82, 2.24) is 25.5 Å². The second-order valence-corrected chi connectivity index (χ2v) is 5.81. The van der Waals surface area contributed by atoms with Crippen LogP contribution in [0, 0.1) is 11.7 Å². The molecule has 1 fully saturated rings. The number of aromatic nitrogens is 4. The molecule has 2 heterocycles. The molecular weight excluding hydrogens is 325 g/mol. The minimum absolute atomic E-state index is 0.0495. The first-order chi connectivity index (χ1) is 11.1. The molecule has 1 aromatic carbocycles. The van der Waals surface area contributed by atoms with Gasteiger partial charge in [0.25, 0.3) is 5.91 Å². The van der Waals surface area contributed by atoms with Gasteiger partial charge in [-0.25, -0.2) is 4.39 Å². The molecular formula is C14H15ClFN5O2. The minimum Gasteiger partial charge on any atom is -0.497 e. The van der Waals surface area contributed by atoms with Gasteiger partial charge in [-0.05, 0) is 18.4 Å². The summed E-state index contributed by atoms with van der Waals surface area (Å²) in [5, 5.41) is 13.8. The number of rotatable bonds is 4. The summed E-state index contributed by atoms with van der Waals surface area (Å²) in [5.41, 5.74) is -0.118. The van der Waals surface area contributed by atoms with Crippen molar-refractivity contribution in [1.29, 1.82) is 0 Å². The summed E-state index contributed by atoms with van der Waals surface area (Å²) in [5.74, 6) is 0.0155. The van der Waals surface area contributed by atoms with Gasteiger partial charge in [0.1, 0.15) is 11.6 Å². The number of carbonyl (C=O) groups excluding carboxylic acids is 1. The lowest BCUT2D eigenvalue weighted by Gasteiger charge is -2.18. The highest BCUT2D eigenvalue weighted by Gasteiger charge is 2.30. The second kappa shape index (κ2) is 6.49. The molecule has 1 N–H and O–H groups in total. The Labute approximate surface area is 136 Å². The van der Waals surface area contributed by atoms with Crippen molar-refractivity contribution in [3.63, 3.8) is 0 Å². The number of tetrazole rings is 1. The zero-order valence-corrected chi connectivity index (χ0v) is 13.2. The first-order valence-corrected chi connectivity index (χ1v) is 7.51. The van der Waals surface area contributed by atoms with Crippen molar-refractivity contribution < 1.29 is 13.9 Å². The number of halogens is 2. The van der Waals surface area contributed by atoms with Crippen molar-refractivity contribution in [2.75, 3.05) is 20.2 Å². The minimum atomic E-state index is -0.680. The quantitative estimate of drug-likeness (QED) is 0.916. The predicted molar refractivity (Wildman–Crippen MR) is 79.9 cm³/mol. The molecule has 0 spiro atoms. The monoisotopic (exact) mass is 339 g/mol. The number of nitrogens with zero attached hydrogens (tertiary/aromatic N) is 4. The maximum Gasteiger partial charge on any atom is 0.258 e. The van der Waals surface area contributed by atoms with E-state index in [0.717, 1.165) is 12.5 Å². The van der Waals surface area contributed by atoms with Crippen molar-refractivity contribution in [3.8, 4) is 5.75 Å². The Balaban J connectivity index is 1.72. The fourth-order valence-electron chi connectivity index (χ4n) is 2.74. The third-order valence-electron chi connectivity index (χ3n) is 3.90. The van der Waals surface area contributed by atoms with Gasteiger partial charge in [0.2, 0.25) is 0 Å². The van der Waals surface area contributed by atoms with E-state index in [1.54, 1.807) is 4.90 Å². The van der Waals surface area contributed by atoms with E-state index in [2.05, 4.69) is 20.6 Å². The van der Waals surface area contributed by atoms with Gasteiger partial charge in [-0.2, -0.15) is 5.21 Å². The predicted octanol–water partition coefficient (Wildman–Crippen LogP) is 1.71. The third kappa shape index (κ3) is 3.26. The number of nitrogens with one attached hydrogen (secondary N) is 1. The largest absolute Gasteiger partial charge is 0.497 e. The van der Waals surface area contributed by atoms with Crippen LogP contribution < -0.4 is 4.74 Å². The van der Waals surface area contributed by atoms with Gasteiger partial charge in [0.15, 0.2) is 5.82 Å². The normalized spacial score (nSPS) is 17.5. The number of benzene rings is 1. The van der Waals surface area contributed by atoms with Crippen LogP contribution >= 0.6 is 11.6 Å². The fourth-order valence-corrected chi connectivity index (χ4v) is 3.02. The van der Waals surface area contributed by atoms with Crippen LogP contribution in [0.4, 0.5) is 4.39 Å². The molecule has 23 heavy (non-hydrogen) atoms. The summed E-state index contributed by atoms with van der Waals surface area (Å²) >= 11 is 6.04. The van der Waals surface area contributed by atoms with Crippen LogP contribution in [0.2, 0.25) is 5.02 Å². The number of ether oxygens (including phenoxy) is 1. The van der Waals surface area contributed by atoms with Crippen LogP contribution in [-0.4, -0.2) is 51.6 Å². The molecule has 9 heteroatoms. The Morgan fingerprint density at radius 2 is 2.39 bits per heavy atom. The molecule has 0 radical (unpaired) electrons. The Morgan fingerprint density at radius 1 is 1.57 bits per heavy atom. The van der Waals surface area contributed by atoms with Gasteiger partial charge in [-0.1, -0.05) is 16.8 Å². The summed E-state index contributed by atoms with van der Waals surface area (Å²) < 4.78 is 19.1. The van der Waals surface area contributed by atoms with Crippen molar-refractivity contribution in [2.24, 2.45) is 5.92 Å². The molecule has 0 bridgehead atoms. The first-order valence-electron chi connectivity index (χ1n) is 7.13. The molecule has 1 aliphatic heterocycles. The number of H-pyrrole nitrogens is 1. The van der Waals surface area contributed by atoms with Crippen molar-refractivity contribution >= 4 is 17.5 Å². The Bertz CT molecular complexity index is 686. The lowest BCUT2D eigenvalue weighted by atomic mass is 10.1. The molecule has 3 rings (SSSR count). The molecule has 0 saturated carbocycles. The Kier molecular flexibility index (Phi) is 4.42. The molecule has 122 valence electrons. The first kappa shape index (κ1) is 15.7. The molecule has 0 aliphatic carbocycles. The molecule has 1 atom stereocenters. The van der Waals surface area contributed by atoms with Crippen LogP contribution in [0.1, 0.15) is 22.6 Å². The fraction of sp³-hybridized carbons (Fsp3) is 0.429. The summed E-state index contributed by atoms with van der Waals surface area (Å²) in [7, 11) is 1.41. The van der Waals surface area contributed by atoms with Gasteiger partial charge < -0.3 is 9.64 Å². The van der Waals surface area contributed by atoms with Crippen LogP contribution in [0.15, 0.2) is 12.1 Å². The second-order valence-electron chi connectivity index (χ2n) is 5.40. The average Bonchev–Trinajstić information content (AvgIpc) is 3.18. The van der Waals surface area contributed by atoms with Gasteiger partial charge in [0.05, 0.1) is 17.7 Å².